The Morgan fingerprint density at radius 2 is 1.89 bits per heavy atom. The first-order chi connectivity index (χ1) is 13.1. The summed E-state index contributed by atoms with van der Waals surface area (Å²) in [5.74, 6) is 0.159. The van der Waals surface area contributed by atoms with E-state index in [9.17, 15) is 9.59 Å². The van der Waals surface area contributed by atoms with E-state index in [4.69, 9.17) is 10.00 Å². The number of carbonyl (C=O) groups is 1. The molecule has 0 spiro atoms. The number of rotatable bonds is 5. The Bertz CT molecular complexity index is 1080. The second kappa shape index (κ2) is 7.97. The van der Waals surface area contributed by atoms with Crippen LogP contribution < -0.4 is 15.6 Å². The maximum atomic E-state index is 12.3. The normalized spacial score (nSPS) is 10.1. The number of nitrogens with zero attached hydrogens (tertiary/aromatic N) is 3. The molecule has 0 atom stereocenters. The van der Waals surface area contributed by atoms with Crippen molar-refractivity contribution in [3.05, 3.63) is 76.6 Å². The molecule has 0 aliphatic rings. The van der Waals surface area contributed by atoms with Crippen LogP contribution in [0.1, 0.15) is 5.56 Å². The third-order valence-electron chi connectivity index (χ3n) is 3.86. The molecule has 0 fully saturated rings. The van der Waals surface area contributed by atoms with E-state index < -0.39 is 11.5 Å². The van der Waals surface area contributed by atoms with Gasteiger partial charge >= 0.3 is 0 Å². The zero-order valence-electron chi connectivity index (χ0n) is 14.5. The van der Waals surface area contributed by atoms with Gasteiger partial charge in [-0.25, -0.2) is 4.68 Å². The van der Waals surface area contributed by atoms with Gasteiger partial charge < -0.3 is 10.1 Å². The number of hydrogen-bond donors (Lipinski definition) is 1. The van der Waals surface area contributed by atoms with Crippen molar-refractivity contribution in [1.29, 1.82) is 5.26 Å². The van der Waals surface area contributed by atoms with Crippen molar-refractivity contribution in [2.45, 2.75) is 6.54 Å². The highest BCUT2D eigenvalue weighted by atomic mass is 16.5. The minimum absolute atomic E-state index is 0.276. The highest BCUT2D eigenvalue weighted by Crippen LogP contribution is 2.27. The number of carbonyl (C=O) groups excluding carboxylic acids is 1. The van der Waals surface area contributed by atoms with Crippen molar-refractivity contribution in [3.8, 4) is 23.1 Å². The number of benzene rings is 2. The summed E-state index contributed by atoms with van der Waals surface area (Å²) < 4.78 is 6.39. The first-order valence-electron chi connectivity index (χ1n) is 8.13. The predicted molar refractivity (Wildman–Crippen MR) is 100 cm³/mol. The third-order valence-corrected chi connectivity index (χ3v) is 3.86. The van der Waals surface area contributed by atoms with E-state index in [1.165, 1.54) is 6.07 Å². The fraction of sp³-hybridized carbons (Fsp3) is 0.100. The van der Waals surface area contributed by atoms with Gasteiger partial charge in [0, 0.05) is 11.6 Å². The SMILES string of the molecule is COc1ccccc1-c1ccc(=O)n(CC(=O)Nc2ccccc2C#N)n1. The number of amides is 1. The van der Waals surface area contributed by atoms with Crippen LogP contribution in [-0.2, 0) is 11.3 Å². The van der Waals surface area contributed by atoms with Gasteiger partial charge in [-0.2, -0.15) is 10.4 Å². The van der Waals surface area contributed by atoms with Crippen molar-refractivity contribution in [2.24, 2.45) is 0 Å². The number of anilines is 1. The number of methoxy groups -OCH3 is 1. The van der Waals surface area contributed by atoms with Gasteiger partial charge in [0.05, 0.1) is 24.1 Å². The smallest absolute Gasteiger partial charge is 0.267 e. The van der Waals surface area contributed by atoms with E-state index in [-0.39, 0.29) is 6.54 Å². The molecular formula is C20H16N4O3. The Kier molecular flexibility index (Phi) is 5.28. The van der Waals surface area contributed by atoms with Crippen molar-refractivity contribution >= 4 is 11.6 Å². The summed E-state index contributed by atoms with van der Waals surface area (Å²) in [5.41, 5.74) is 1.55. The van der Waals surface area contributed by atoms with Gasteiger partial charge in [-0.3, -0.25) is 9.59 Å². The molecule has 3 aromatic rings. The topological polar surface area (TPSA) is 97.0 Å². The molecule has 0 saturated heterocycles. The lowest BCUT2D eigenvalue weighted by Crippen LogP contribution is -2.29. The molecule has 3 rings (SSSR count). The molecule has 1 aromatic heterocycles. The molecule has 2 aromatic carbocycles. The minimum atomic E-state index is -0.454. The average molecular weight is 360 g/mol. The lowest BCUT2D eigenvalue weighted by atomic mass is 10.1. The average Bonchev–Trinajstić information content (AvgIpc) is 2.70. The van der Waals surface area contributed by atoms with Gasteiger partial charge in [0.1, 0.15) is 18.4 Å². The molecule has 0 unspecified atom stereocenters. The first-order valence-corrected chi connectivity index (χ1v) is 8.13. The Labute approximate surface area is 155 Å². The van der Waals surface area contributed by atoms with Gasteiger partial charge in [0.15, 0.2) is 0 Å². The third kappa shape index (κ3) is 4.02. The standard InChI is InChI=1S/C20H16N4O3/c1-27-18-9-5-3-7-15(18)17-10-11-20(26)24(23-17)13-19(25)22-16-8-4-2-6-14(16)12-21/h2-11H,13H2,1H3,(H,22,25). The van der Waals surface area contributed by atoms with Crippen LogP contribution in [0.2, 0.25) is 0 Å². The Morgan fingerprint density at radius 3 is 2.67 bits per heavy atom. The Hall–Kier alpha value is -3.92. The zero-order chi connectivity index (χ0) is 19.2. The second-order valence-electron chi connectivity index (χ2n) is 5.62. The predicted octanol–water partition coefficient (Wildman–Crippen LogP) is 2.43. The van der Waals surface area contributed by atoms with Gasteiger partial charge in [0.2, 0.25) is 5.91 Å². The monoisotopic (exact) mass is 360 g/mol. The summed E-state index contributed by atoms with van der Waals surface area (Å²) in [6.45, 7) is -0.276. The number of nitriles is 1. The Balaban J connectivity index is 1.86. The maximum absolute atomic E-state index is 12.3. The molecule has 134 valence electrons. The van der Waals surface area contributed by atoms with Crippen molar-refractivity contribution in [3.63, 3.8) is 0 Å². The number of ether oxygens (including phenoxy) is 1. The van der Waals surface area contributed by atoms with Crippen LogP contribution in [0.4, 0.5) is 5.69 Å². The number of aromatic nitrogens is 2. The molecule has 0 saturated carbocycles. The zero-order valence-corrected chi connectivity index (χ0v) is 14.5. The van der Waals surface area contributed by atoms with Crippen molar-refractivity contribution in [2.75, 3.05) is 12.4 Å². The van der Waals surface area contributed by atoms with Crippen LogP contribution in [0.5, 0.6) is 5.75 Å². The second-order valence-corrected chi connectivity index (χ2v) is 5.62. The highest BCUT2D eigenvalue weighted by molar-refractivity contribution is 5.91. The van der Waals surface area contributed by atoms with E-state index in [1.54, 1.807) is 43.5 Å². The van der Waals surface area contributed by atoms with Gasteiger partial charge in [-0.15, -0.1) is 0 Å². The fourth-order valence-electron chi connectivity index (χ4n) is 2.58. The van der Waals surface area contributed by atoms with Gasteiger partial charge in [-0.1, -0.05) is 24.3 Å². The van der Waals surface area contributed by atoms with Crippen LogP contribution in [0, 0.1) is 11.3 Å². The van der Waals surface area contributed by atoms with E-state index in [2.05, 4.69) is 10.4 Å². The molecule has 0 aliphatic heterocycles. The molecule has 1 N–H and O–H groups in total. The van der Waals surface area contributed by atoms with E-state index in [0.29, 0.717) is 28.3 Å². The van der Waals surface area contributed by atoms with E-state index in [0.717, 1.165) is 4.68 Å². The molecule has 1 heterocycles. The Morgan fingerprint density at radius 1 is 1.15 bits per heavy atom. The number of para-hydroxylation sites is 2. The molecule has 0 radical (unpaired) electrons. The van der Waals surface area contributed by atoms with Gasteiger partial charge in [-0.05, 0) is 30.3 Å². The van der Waals surface area contributed by atoms with Crippen LogP contribution >= 0.6 is 0 Å². The quantitative estimate of drug-likeness (QED) is 0.754. The molecular weight excluding hydrogens is 344 g/mol. The molecule has 0 aliphatic carbocycles. The molecule has 7 heteroatoms. The van der Waals surface area contributed by atoms with Crippen LogP contribution in [0.3, 0.4) is 0 Å². The largest absolute Gasteiger partial charge is 0.496 e. The highest BCUT2D eigenvalue weighted by Gasteiger charge is 2.12. The molecule has 27 heavy (non-hydrogen) atoms. The fourth-order valence-corrected chi connectivity index (χ4v) is 2.58. The number of hydrogen-bond acceptors (Lipinski definition) is 5. The summed E-state index contributed by atoms with van der Waals surface area (Å²) >= 11 is 0. The van der Waals surface area contributed by atoms with Crippen LogP contribution in [-0.4, -0.2) is 22.8 Å². The number of nitrogens with one attached hydrogen (secondary N) is 1. The summed E-state index contributed by atoms with van der Waals surface area (Å²) in [5, 5.41) is 16.0. The maximum Gasteiger partial charge on any atom is 0.267 e. The first kappa shape index (κ1) is 17.9. The summed E-state index contributed by atoms with van der Waals surface area (Å²) in [7, 11) is 1.55. The van der Waals surface area contributed by atoms with Crippen molar-refractivity contribution in [1.82, 2.24) is 9.78 Å². The summed E-state index contributed by atoms with van der Waals surface area (Å²) in [4.78, 5) is 24.4. The van der Waals surface area contributed by atoms with Gasteiger partial charge in [0.25, 0.3) is 5.56 Å². The minimum Gasteiger partial charge on any atom is -0.496 e. The lowest BCUT2D eigenvalue weighted by molar-refractivity contribution is -0.117. The summed E-state index contributed by atoms with van der Waals surface area (Å²) in [6, 6.07) is 18.9. The summed E-state index contributed by atoms with van der Waals surface area (Å²) in [6.07, 6.45) is 0. The van der Waals surface area contributed by atoms with Crippen LogP contribution in [0.15, 0.2) is 65.5 Å². The van der Waals surface area contributed by atoms with Crippen LogP contribution in [0.25, 0.3) is 11.3 Å². The molecule has 7 nitrogen and oxygen atoms in total. The molecule has 1 amide bonds. The van der Waals surface area contributed by atoms with Crippen molar-refractivity contribution < 1.29 is 9.53 Å². The van der Waals surface area contributed by atoms with E-state index >= 15 is 0 Å². The van der Waals surface area contributed by atoms with E-state index in [1.807, 2.05) is 24.3 Å². The molecule has 0 bridgehead atoms. The lowest BCUT2D eigenvalue weighted by Gasteiger charge is -2.11.